The molecular formula is C23H28ClFN6O. The van der Waals surface area contributed by atoms with Gasteiger partial charge in [0.2, 0.25) is 5.91 Å². The largest absolute Gasteiger partial charge is 0.363 e. The highest BCUT2D eigenvalue weighted by atomic mass is 35.5. The Morgan fingerprint density at radius 1 is 1.22 bits per heavy atom. The minimum Gasteiger partial charge on any atom is -0.363 e. The molecule has 9 heteroatoms. The second-order valence-electron chi connectivity index (χ2n) is 7.90. The highest BCUT2D eigenvalue weighted by Crippen LogP contribution is 2.40. The Balaban J connectivity index is 0.00000289. The number of fused-ring (bicyclic) bond motifs is 1. The minimum absolute atomic E-state index is 0. The van der Waals surface area contributed by atoms with Crippen LogP contribution in [0.15, 0.2) is 48.9 Å². The summed E-state index contributed by atoms with van der Waals surface area (Å²) in [6.07, 6.45) is 5.80. The summed E-state index contributed by atoms with van der Waals surface area (Å²) >= 11 is 0. The van der Waals surface area contributed by atoms with Crippen LogP contribution in [0.3, 0.4) is 0 Å². The summed E-state index contributed by atoms with van der Waals surface area (Å²) in [6.45, 7) is 5.26. The Morgan fingerprint density at radius 2 is 2.03 bits per heavy atom. The molecule has 170 valence electrons. The van der Waals surface area contributed by atoms with E-state index in [2.05, 4.69) is 26.8 Å². The summed E-state index contributed by atoms with van der Waals surface area (Å²) in [5.74, 6) is 0.245. The predicted octanol–water partition coefficient (Wildman–Crippen LogP) is 4.02. The van der Waals surface area contributed by atoms with E-state index in [1.165, 1.54) is 12.3 Å². The number of hydrogen-bond acceptors (Lipinski definition) is 5. The lowest BCUT2D eigenvalue weighted by molar-refractivity contribution is -0.117. The van der Waals surface area contributed by atoms with E-state index in [4.69, 9.17) is 0 Å². The maximum absolute atomic E-state index is 13.3. The molecule has 0 radical (unpaired) electrons. The van der Waals surface area contributed by atoms with Gasteiger partial charge in [0.25, 0.3) is 0 Å². The number of likely N-dealkylation sites (N-methyl/N-ethyl adjacent to an activating group) is 1. The van der Waals surface area contributed by atoms with Crippen molar-refractivity contribution in [1.82, 2.24) is 20.1 Å². The molecule has 1 amide bonds. The number of anilines is 2. The third kappa shape index (κ3) is 4.92. The van der Waals surface area contributed by atoms with Crippen molar-refractivity contribution in [3.63, 3.8) is 0 Å². The van der Waals surface area contributed by atoms with Crippen molar-refractivity contribution in [3.8, 4) is 11.1 Å². The maximum atomic E-state index is 13.3. The van der Waals surface area contributed by atoms with Gasteiger partial charge in [-0.05, 0) is 55.8 Å². The number of amides is 1. The van der Waals surface area contributed by atoms with Crippen molar-refractivity contribution in [2.24, 2.45) is 0 Å². The van der Waals surface area contributed by atoms with Gasteiger partial charge in [-0.2, -0.15) is 5.10 Å². The molecular weight excluding hydrogens is 431 g/mol. The molecule has 32 heavy (non-hydrogen) atoms. The number of halogens is 2. The van der Waals surface area contributed by atoms with Gasteiger partial charge >= 0.3 is 0 Å². The number of carbonyl (C=O) groups is 1. The Hall–Kier alpha value is -2.97. The van der Waals surface area contributed by atoms with E-state index in [1.54, 1.807) is 13.0 Å². The average Bonchev–Trinajstić information content (AvgIpc) is 3.22. The monoisotopic (exact) mass is 458 g/mol. The molecule has 1 aliphatic heterocycles. The van der Waals surface area contributed by atoms with Crippen LogP contribution in [-0.2, 0) is 11.3 Å². The SMILES string of the molecule is CNCCn1cc(-c2ccc3c(c2)[C@H](Nc2ccc(F)cn2)C[C@H](C)N3C(C)=O)cn1.Cl. The van der Waals surface area contributed by atoms with Crippen molar-refractivity contribution in [2.75, 3.05) is 23.8 Å². The summed E-state index contributed by atoms with van der Waals surface area (Å²) in [7, 11) is 1.92. The summed E-state index contributed by atoms with van der Waals surface area (Å²) < 4.78 is 15.2. The molecule has 0 fully saturated rings. The third-order valence-electron chi connectivity index (χ3n) is 5.63. The van der Waals surface area contributed by atoms with Crippen LogP contribution < -0.4 is 15.5 Å². The summed E-state index contributed by atoms with van der Waals surface area (Å²) in [6, 6.07) is 9.12. The lowest BCUT2D eigenvalue weighted by Crippen LogP contribution is -2.43. The number of pyridine rings is 1. The fraction of sp³-hybridized carbons (Fsp3) is 0.348. The van der Waals surface area contributed by atoms with Crippen molar-refractivity contribution in [1.29, 1.82) is 0 Å². The predicted molar refractivity (Wildman–Crippen MR) is 127 cm³/mol. The van der Waals surface area contributed by atoms with Gasteiger partial charge in [0.15, 0.2) is 0 Å². The van der Waals surface area contributed by atoms with E-state index in [-0.39, 0.29) is 36.2 Å². The van der Waals surface area contributed by atoms with Crippen molar-refractivity contribution < 1.29 is 9.18 Å². The lowest BCUT2D eigenvalue weighted by atomic mass is 9.89. The van der Waals surface area contributed by atoms with Gasteiger partial charge in [-0.15, -0.1) is 12.4 Å². The Labute approximate surface area is 193 Å². The molecule has 7 nitrogen and oxygen atoms in total. The van der Waals surface area contributed by atoms with Crippen LogP contribution in [0.5, 0.6) is 0 Å². The topological polar surface area (TPSA) is 75.1 Å². The summed E-state index contributed by atoms with van der Waals surface area (Å²) in [4.78, 5) is 18.4. The number of benzene rings is 1. The van der Waals surface area contributed by atoms with Gasteiger partial charge < -0.3 is 15.5 Å². The number of carbonyl (C=O) groups excluding carboxylic acids is 1. The van der Waals surface area contributed by atoms with Crippen LogP contribution in [0.2, 0.25) is 0 Å². The standard InChI is InChI=1S/C23H27FN6O.ClH/c1-15-10-21(28-23-7-5-19(24)13-26-23)20-11-17(4-6-22(20)30(15)16(2)31)18-12-27-29(14-18)9-8-25-3;/h4-7,11-15,21,25H,8-10H2,1-3H3,(H,26,28);1H/t15-,21+;/m0./s1. The molecule has 4 rings (SSSR count). The number of nitrogens with one attached hydrogen (secondary N) is 2. The van der Waals surface area contributed by atoms with E-state index < -0.39 is 0 Å². The zero-order valence-electron chi connectivity index (χ0n) is 18.4. The fourth-order valence-electron chi connectivity index (χ4n) is 4.16. The fourth-order valence-corrected chi connectivity index (χ4v) is 4.16. The van der Waals surface area contributed by atoms with Gasteiger partial charge in [0.05, 0.1) is 25.0 Å². The Bertz CT molecular complexity index is 1070. The van der Waals surface area contributed by atoms with Crippen molar-refractivity contribution in [2.45, 2.75) is 38.9 Å². The average molecular weight is 459 g/mol. The second kappa shape index (κ2) is 10.1. The molecule has 3 heterocycles. The molecule has 2 N–H and O–H groups in total. The quantitative estimate of drug-likeness (QED) is 0.583. The van der Waals surface area contributed by atoms with E-state index in [9.17, 15) is 9.18 Å². The Morgan fingerprint density at radius 3 is 2.72 bits per heavy atom. The van der Waals surface area contributed by atoms with Gasteiger partial charge in [-0.25, -0.2) is 9.37 Å². The first-order valence-electron chi connectivity index (χ1n) is 10.5. The number of hydrogen-bond donors (Lipinski definition) is 2. The van der Waals surface area contributed by atoms with Gasteiger partial charge in [-0.3, -0.25) is 9.48 Å². The third-order valence-corrected chi connectivity index (χ3v) is 5.63. The van der Waals surface area contributed by atoms with Crippen LogP contribution in [0.25, 0.3) is 11.1 Å². The van der Waals surface area contributed by atoms with E-state index in [0.29, 0.717) is 5.82 Å². The molecule has 1 aliphatic rings. The number of rotatable bonds is 6. The smallest absolute Gasteiger partial charge is 0.224 e. The molecule has 0 saturated heterocycles. The van der Waals surface area contributed by atoms with Crippen molar-refractivity contribution in [3.05, 3.63) is 60.3 Å². The van der Waals surface area contributed by atoms with Crippen LogP contribution in [-0.4, -0.2) is 40.3 Å². The molecule has 3 aromatic rings. The molecule has 2 aromatic heterocycles. The van der Waals surface area contributed by atoms with E-state index >= 15 is 0 Å². The first-order valence-corrected chi connectivity index (χ1v) is 10.5. The van der Waals surface area contributed by atoms with Crippen LogP contribution in [0, 0.1) is 5.82 Å². The highest BCUT2D eigenvalue weighted by molar-refractivity contribution is 5.94. The van der Waals surface area contributed by atoms with Gasteiger partial charge in [0.1, 0.15) is 11.6 Å². The molecule has 0 saturated carbocycles. The normalized spacial score (nSPS) is 17.4. The van der Waals surface area contributed by atoms with Gasteiger partial charge in [-0.1, -0.05) is 6.07 Å². The minimum atomic E-state index is -0.372. The molecule has 2 atom stereocenters. The van der Waals surface area contributed by atoms with E-state index in [1.807, 2.05) is 48.1 Å². The maximum Gasteiger partial charge on any atom is 0.224 e. The molecule has 0 unspecified atom stereocenters. The molecule has 1 aromatic carbocycles. The van der Waals surface area contributed by atoms with Crippen LogP contribution in [0.1, 0.15) is 31.9 Å². The first kappa shape index (κ1) is 23.7. The molecule has 0 bridgehead atoms. The van der Waals surface area contributed by atoms with Crippen LogP contribution in [0.4, 0.5) is 15.9 Å². The zero-order valence-corrected chi connectivity index (χ0v) is 19.2. The van der Waals surface area contributed by atoms with E-state index in [0.717, 1.165) is 41.9 Å². The summed E-state index contributed by atoms with van der Waals surface area (Å²) in [5.41, 5.74) is 3.95. The van der Waals surface area contributed by atoms with Crippen LogP contribution >= 0.6 is 12.4 Å². The molecule has 0 aliphatic carbocycles. The zero-order chi connectivity index (χ0) is 22.0. The highest BCUT2D eigenvalue weighted by Gasteiger charge is 2.32. The first-order chi connectivity index (χ1) is 15.0. The number of nitrogens with zero attached hydrogens (tertiary/aromatic N) is 4. The van der Waals surface area contributed by atoms with Gasteiger partial charge in [0, 0.05) is 37.0 Å². The second-order valence-corrected chi connectivity index (χ2v) is 7.90. The molecule has 0 spiro atoms. The lowest BCUT2D eigenvalue weighted by Gasteiger charge is -2.39. The summed E-state index contributed by atoms with van der Waals surface area (Å²) in [5, 5.41) is 11.0. The van der Waals surface area contributed by atoms with Crippen molar-refractivity contribution >= 4 is 29.8 Å². The Kier molecular flexibility index (Phi) is 7.48. The number of aromatic nitrogens is 3.